The second-order valence-electron chi connectivity index (χ2n) is 6.21. The molecule has 3 rings (SSSR count). The van der Waals surface area contributed by atoms with E-state index in [9.17, 15) is 0 Å². The van der Waals surface area contributed by atoms with Crippen LogP contribution in [0.2, 0.25) is 0 Å². The summed E-state index contributed by atoms with van der Waals surface area (Å²) in [5.74, 6) is 0.558. The molecule has 0 radical (unpaired) electrons. The van der Waals surface area contributed by atoms with Gasteiger partial charge in [0.25, 0.3) is 0 Å². The minimum absolute atomic E-state index is 0.558. The predicted molar refractivity (Wildman–Crippen MR) is 114 cm³/mol. The first-order valence-electron chi connectivity index (χ1n) is 9.30. The van der Waals surface area contributed by atoms with Crippen molar-refractivity contribution in [3.05, 3.63) is 108 Å². The molecule has 0 spiro atoms. The molecule has 3 aromatic rings. The van der Waals surface area contributed by atoms with Gasteiger partial charge < -0.3 is 5.43 Å². The molecule has 0 bridgehead atoms. The maximum absolute atomic E-state index is 4.40. The van der Waals surface area contributed by atoms with Crippen LogP contribution in [0.4, 0.5) is 0 Å². The van der Waals surface area contributed by atoms with Gasteiger partial charge in [-0.25, -0.2) is 10.9 Å². The highest BCUT2D eigenvalue weighted by atomic mass is 15.5. The first-order valence-corrected chi connectivity index (χ1v) is 9.30. The van der Waals surface area contributed by atoms with Crippen LogP contribution in [-0.4, -0.2) is 5.96 Å². The van der Waals surface area contributed by atoms with Gasteiger partial charge in [0, 0.05) is 13.1 Å². The summed E-state index contributed by atoms with van der Waals surface area (Å²) in [7, 11) is 0. The van der Waals surface area contributed by atoms with Gasteiger partial charge in [-0.1, -0.05) is 91.0 Å². The van der Waals surface area contributed by atoms with Gasteiger partial charge in [-0.3, -0.25) is 10.9 Å². The predicted octanol–water partition coefficient (Wildman–Crippen LogP) is 2.64. The first kappa shape index (κ1) is 19.4. The van der Waals surface area contributed by atoms with Crippen LogP contribution in [0.15, 0.2) is 96.1 Å². The quantitative estimate of drug-likeness (QED) is 0.226. The Morgan fingerprint density at radius 3 is 1.36 bits per heavy atom. The summed E-state index contributed by atoms with van der Waals surface area (Å²) in [6.45, 7) is 2.00. The highest BCUT2D eigenvalue weighted by molar-refractivity contribution is 5.78. The average molecular weight is 374 g/mol. The summed E-state index contributed by atoms with van der Waals surface area (Å²) in [5.41, 5.74) is 19.2. The number of hydrogen-bond donors (Lipinski definition) is 5. The number of hydrazone groups is 1. The van der Waals surface area contributed by atoms with E-state index < -0.39 is 0 Å². The van der Waals surface area contributed by atoms with Gasteiger partial charge in [0.2, 0.25) is 5.96 Å². The third-order valence-corrected chi connectivity index (χ3v) is 4.00. The zero-order chi connectivity index (χ0) is 19.3. The van der Waals surface area contributed by atoms with Gasteiger partial charge >= 0.3 is 0 Å². The van der Waals surface area contributed by atoms with Crippen molar-refractivity contribution in [2.75, 3.05) is 0 Å². The maximum Gasteiger partial charge on any atom is 0.242 e. The van der Waals surface area contributed by atoms with Crippen molar-refractivity contribution in [2.24, 2.45) is 5.10 Å². The Bertz CT molecular complexity index is 774. The second kappa shape index (κ2) is 11.4. The lowest BCUT2D eigenvalue weighted by Crippen LogP contribution is -2.50. The summed E-state index contributed by atoms with van der Waals surface area (Å²) in [6, 6.07) is 30.5. The fraction of sp³-hybridized carbons (Fsp3) is 0.136. The zero-order valence-electron chi connectivity index (χ0n) is 15.7. The first-order chi connectivity index (χ1) is 13.9. The maximum atomic E-state index is 4.40. The third-order valence-electron chi connectivity index (χ3n) is 4.00. The smallest absolute Gasteiger partial charge is 0.242 e. The van der Waals surface area contributed by atoms with E-state index in [1.807, 2.05) is 54.6 Å². The van der Waals surface area contributed by atoms with Crippen molar-refractivity contribution in [1.82, 2.24) is 27.1 Å². The van der Waals surface area contributed by atoms with Gasteiger partial charge in [-0.15, -0.1) is 5.10 Å². The molecular formula is C22H26N6. The Labute approximate surface area is 166 Å². The molecule has 28 heavy (non-hydrogen) atoms. The van der Waals surface area contributed by atoms with Crippen molar-refractivity contribution in [2.45, 2.75) is 19.6 Å². The molecule has 0 aromatic heterocycles. The molecule has 0 fully saturated rings. The molecular weight excluding hydrogens is 348 g/mol. The number of hydrogen-bond acceptors (Lipinski definition) is 4. The van der Waals surface area contributed by atoms with Crippen LogP contribution in [0, 0.1) is 0 Å². The van der Waals surface area contributed by atoms with E-state index in [4.69, 9.17) is 0 Å². The topological polar surface area (TPSA) is 72.5 Å². The Kier molecular flexibility index (Phi) is 7.89. The van der Waals surface area contributed by atoms with Gasteiger partial charge in [0.15, 0.2) is 0 Å². The summed E-state index contributed by atoms with van der Waals surface area (Å²) in [6.07, 6.45) is 0. The summed E-state index contributed by atoms with van der Waals surface area (Å²) >= 11 is 0. The standard InChI is InChI=1S/C22H26N6/c1-4-10-19(11-5-1)16-23-26-22(27-24-17-20-12-6-2-7-13-20)28-25-18-21-14-8-3-9-15-21/h1-15,23-25H,16-18H2,(H2,26,27,28). The van der Waals surface area contributed by atoms with Crippen LogP contribution in [0.1, 0.15) is 16.7 Å². The van der Waals surface area contributed by atoms with Crippen LogP contribution >= 0.6 is 0 Å². The molecule has 0 aliphatic heterocycles. The lowest BCUT2D eigenvalue weighted by atomic mass is 10.2. The average Bonchev–Trinajstić information content (AvgIpc) is 2.76. The Hall–Kier alpha value is -3.35. The molecule has 0 saturated carbocycles. The molecule has 0 heterocycles. The van der Waals surface area contributed by atoms with Gasteiger partial charge in [0.05, 0.1) is 6.54 Å². The zero-order valence-corrected chi connectivity index (χ0v) is 15.7. The van der Waals surface area contributed by atoms with Crippen LogP contribution in [-0.2, 0) is 19.6 Å². The van der Waals surface area contributed by atoms with Crippen LogP contribution in [0.5, 0.6) is 0 Å². The minimum atomic E-state index is 0.558. The van der Waals surface area contributed by atoms with Crippen LogP contribution < -0.4 is 27.1 Å². The molecule has 3 aromatic carbocycles. The molecule has 0 unspecified atom stereocenters. The van der Waals surface area contributed by atoms with Crippen molar-refractivity contribution >= 4 is 5.96 Å². The molecule has 0 saturated heterocycles. The SMILES string of the molecule is c1ccc(CNN=C(NNCc2ccccc2)NNCc2ccccc2)cc1. The molecule has 6 nitrogen and oxygen atoms in total. The van der Waals surface area contributed by atoms with E-state index in [-0.39, 0.29) is 0 Å². The minimum Gasteiger partial charge on any atom is -0.302 e. The normalized spacial score (nSPS) is 10.1. The highest BCUT2D eigenvalue weighted by Gasteiger charge is 1.99. The fourth-order valence-corrected chi connectivity index (χ4v) is 2.54. The third kappa shape index (κ3) is 7.11. The molecule has 5 N–H and O–H groups in total. The van der Waals surface area contributed by atoms with Crippen LogP contribution in [0.3, 0.4) is 0 Å². The monoisotopic (exact) mass is 374 g/mol. The lowest BCUT2D eigenvalue weighted by Gasteiger charge is -2.14. The van der Waals surface area contributed by atoms with Gasteiger partial charge in [0.1, 0.15) is 0 Å². The van der Waals surface area contributed by atoms with Crippen molar-refractivity contribution < 1.29 is 0 Å². The molecule has 144 valence electrons. The Morgan fingerprint density at radius 1 is 0.536 bits per heavy atom. The summed E-state index contributed by atoms with van der Waals surface area (Å²) in [5, 5.41) is 4.40. The molecule has 0 atom stereocenters. The number of hydrazine groups is 2. The van der Waals surface area contributed by atoms with Gasteiger partial charge in [-0.2, -0.15) is 0 Å². The summed E-state index contributed by atoms with van der Waals surface area (Å²) in [4.78, 5) is 0. The largest absolute Gasteiger partial charge is 0.302 e. The van der Waals surface area contributed by atoms with E-state index in [0.29, 0.717) is 25.6 Å². The van der Waals surface area contributed by atoms with Crippen molar-refractivity contribution in [1.29, 1.82) is 0 Å². The second-order valence-corrected chi connectivity index (χ2v) is 6.21. The number of nitrogens with zero attached hydrogens (tertiary/aromatic N) is 1. The number of benzene rings is 3. The fourth-order valence-electron chi connectivity index (χ4n) is 2.54. The van der Waals surface area contributed by atoms with E-state index in [1.165, 1.54) is 16.7 Å². The molecule has 0 aliphatic carbocycles. The molecule has 0 aliphatic rings. The number of guanidine groups is 1. The van der Waals surface area contributed by atoms with E-state index in [0.717, 1.165) is 0 Å². The summed E-state index contributed by atoms with van der Waals surface area (Å²) < 4.78 is 0. The van der Waals surface area contributed by atoms with Crippen molar-refractivity contribution in [3.8, 4) is 0 Å². The number of nitrogens with one attached hydrogen (secondary N) is 5. The highest BCUT2D eigenvalue weighted by Crippen LogP contribution is 1.98. The van der Waals surface area contributed by atoms with Gasteiger partial charge in [-0.05, 0) is 16.7 Å². The lowest BCUT2D eigenvalue weighted by molar-refractivity contribution is 0.574. The Morgan fingerprint density at radius 2 is 0.929 bits per heavy atom. The van der Waals surface area contributed by atoms with E-state index in [2.05, 4.69) is 68.6 Å². The number of rotatable bonds is 9. The van der Waals surface area contributed by atoms with E-state index in [1.54, 1.807) is 0 Å². The van der Waals surface area contributed by atoms with Crippen LogP contribution in [0.25, 0.3) is 0 Å². The Balaban J connectivity index is 1.50. The molecule has 0 amide bonds. The van der Waals surface area contributed by atoms with Crippen molar-refractivity contribution in [3.63, 3.8) is 0 Å². The van der Waals surface area contributed by atoms with E-state index >= 15 is 0 Å². The molecule has 6 heteroatoms.